The Labute approximate surface area is 102 Å². The number of unbranched alkanes of at least 4 members (excludes halogenated alkanes) is 2. The van der Waals surface area contributed by atoms with Crippen LogP contribution in [0.3, 0.4) is 0 Å². The maximum absolute atomic E-state index is 6.05. The molecule has 1 N–H and O–H groups in total. The molecule has 0 atom stereocenters. The second kappa shape index (κ2) is 7.10. The standard InChI is InChI=1S/C12H17Cl2N/c1-2-3-4-7-15-9-10-5-6-11(13)8-12(10)14/h5-6,8,15H,2-4,7,9H2,1H3. The molecule has 3 heteroatoms. The predicted molar refractivity (Wildman–Crippen MR) is 67.7 cm³/mol. The van der Waals surface area contributed by atoms with Gasteiger partial charge in [-0.2, -0.15) is 0 Å². The molecule has 0 aliphatic carbocycles. The molecule has 0 saturated heterocycles. The number of nitrogens with one attached hydrogen (secondary N) is 1. The van der Waals surface area contributed by atoms with Gasteiger partial charge in [0.2, 0.25) is 0 Å². The van der Waals surface area contributed by atoms with Crippen LogP contribution in [0.1, 0.15) is 31.7 Å². The molecule has 0 aromatic heterocycles. The Kier molecular flexibility index (Phi) is 6.07. The van der Waals surface area contributed by atoms with Crippen LogP contribution in [0.15, 0.2) is 18.2 Å². The largest absolute Gasteiger partial charge is 0.313 e. The summed E-state index contributed by atoms with van der Waals surface area (Å²) in [5, 5.41) is 4.80. The SMILES string of the molecule is CCCCCNCc1ccc(Cl)cc1Cl. The Morgan fingerprint density at radius 1 is 1.20 bits per heavy atom. The van der Waals surface area contributed by atoms with Gasteiger partial charge in [0.05, 0.1) is 0 Å². The lowest BCUT2D eigenvalue weighted by molar-refractivity contribution is 0.617. The van der Waals surface area contributed by atoms with Crippen molar-refractivity contribution in [3.05, 3.63) is 33.8 Å². The molecule has 0 radical (unpaired) electrons. The topological polar surface area (TPSA) is 12.0 Å². The van der Waals surface area contributed by atoms with E-state index >= 15 is 0 Å². The van der Waals surface area contributed by atoms with E-state index in [4.69, 9.17) is 23.2 Å². The van der Waals surface area contributed by atoms with E-state index in [9.17, 15) is 0 Å². The highest BCUT2D eigenvalue weighted by Crippen LogP contribution is 2.20. The van der Waals surface area contributed by atoms with E-state index in [-0.39, 0.29) is 0 Å². The van der Waals surface area contributed by atoms with Crippen molar-refractivity contribution in [1.82, 2.24) is 5.32 Å². The van der Waals surface area contributed by atoms with Gasteiger partial charge in [-0.1, -0.05) is 49.0 Å². The first kappa shape index (κ1) is 12.8. The molecular weight excluding hydrogens is 229 g/mol. The molecule has 0 saturated carbocycles. The van der Waals surface area contributed by atoms with Crippen molar-refractivity contribution >= 4 is 23.2 Å². The van der Waals surface area contributed by atoms with Gasteiger partial charge in [-0.15, -0.1) is 0 Å². The fourth-order valence-corrected chi connectivity index (χ4v) is 1.86. The Bertz CT molecular complexity index is 300. The zero-order valence-electron chi connectivity index (χ0n) is 9.02. The minimum Gasteiger partial charge on any atom is -0.313 e. The van der Waals surface area contributed by atoms with E-state index in [2.05, 4.69) is 12.2 Å². The molecule has 1 nitrogen and oxygen atoms in total. The van der Waals surface area contributed by atoms with Gasteiger partial charge >= 0.3 is 0 Å². The van der Waals surface area contributed by atoms with E-state index in [1.807, 2.05) is 12.1 Å². The smallest absolute Gasteiger partial charge is 0.0465 e. The number of halogens is 2. The van der Waals surface area contributed by atoms with E-state index in [1.165, 1.54) is 19.3 Å². The Morgan fingerprint density at radius 2 is 2.00 bits per heavy atom. The number of hydrogen-bond donors (Lipinski definition) is 1. The van der Waals surface area contributed by atoms with Crippen molar-refractivity contribution in [1.29, 1.82) is 0 Å². The molecule has 0 spiro atoms. The molecule has 0 amide bonds. The van der Waals surface area contributed by atoms with Crippen LogP contribution in [0.5, 0.6) is 0 Å². The molecule has 1 rings (SSSR count). The molecular formula is C12H17Cl2N. The van der Waals surface area contributed by atoms with E-state index in [0.717, 1.165) is 23.7 Å². The van der Waals surface area contributed by atoms with Crippen LogP contribution < -0.4 is 5.32 Å². The van der Waals surface area contributed by atoms with Crippen molar-refractivity contribution in [3.63, 3.8) is 0 Å². The molecule has 0 bridgehead atoms. The maximum Gasteiger partial charge on any atom is 0.0465 e. The Hall–Kier alpha value is -0.240. The van der Waals surface area contributed by atoms with Gasteiger partial charge in [-0.25, -0.2) is 0 Å². The van der Waals surface area contributed by atoms with Crippen molar-refractivity contribution in [2.45, 2.75) is 32.7 Å². The number of hydrogen-bond acceptors (Lipinski definition) is 1. The molecule has 1 aromatic rings. The molecule has 84 valence electrons. The average molecular weight is 246 g/mol. The number of rotatable bonds is 6. The summed E-state index contributed by atoms with van der Waals surface area (Å²) in [4.78, 5) is 0. The summed E-state index contributed by atoms with van der Waals surface area (Å²) < 4.78 is 0. The van der Waals surface area contributed by atoms with Gasteiger partial charge in [0.1, 0.15) is 0 Å². The van der Waals surface area contributed by atoms with E-state index < -0.39 is 0 Å². The van der Waals surface area contributed by atoms with Crippen LogP contribution in [-0.4, -0.2) is 6.54 Å². The lowest BCUT2D eigenvalue weighted by Crippen LogP contribution is -2.14. The molecule has 0 unspecified atom stereocenters. The van der Waals surface area contributed by atoms with Crippen molar-refractivity contribution in [2.75, 3.05) is 6.54 Å². The van der Waals surface area contributed by atoms with Crippen molar-refractivity contribution < 1.29 is 0 Å². The molecule has 0 aliphatic rings. The van der Waals surface area contributed by atoms with Crippen LogP contribution in [-0.2, 0) is 6.54 Å². The van der Waals surface area contributed by atoms with Crippen molar-refractivity contribution in [3.8, 4) is 0 Å². The van der Waals surface area contributed by atoms with Crippen LogP contribution in [0.2, 0.25) is 10.0 Å². The van der Waals surface area contributed by atoms with Gasteiger partial charge in [0.15, 0.2) is 0 Å². The van der Waals surface area contributed by atoms with Gasteiger partial charge in [0.25, 0.3) is 0 Å². The van der Waals surface area contributed by atoms with Gasteiger partial charge in [-0.3, -0.25) is 0 Å². The summed E-state index contributed by atoms with van der Waals surface area (Å²) >= 11 is 11.9. The van der Waals surface area contributed by atoms with Gasteiger partial charge in [-0.05, 0) is 30.7 Å². The first-order chi connectivity index (χ1) is 7.24. The minimum absolute atomic E-state index is 0.690. The lowest BCUT2D eigenvalue weighted by Gasteiger charge is -2.06. The fraction of sp³-hybridized carbons (Fsp3) is 0.500. The van der Waals surface area contributed by atoms with Crippen LogP contribution in [0, 0.1) is 0 Å². The fourth-order valence-electron chi connectivity index (χ4n) is 1.39. The van der Waals surface area contributed by atoms with E-state index in [1.54, 1.807) is 6.07 Å². The average Bonchev–Trinajstić information content (AvgIpc) is 2.20. The second-order valence-electron chi connectivity index (χ2n) is 3.62. The highest BCUT2D eigenvalue weighted by atomic mass is 35.5. The van der Waals surface area contributed by atoms with Crippen LogP contribution in [0.25, 0.3) is 0 Å². The van der Waals surface area contributed by atoms with Crippen LogP contribution >= 0.6 is 23.2 Å². The third-order valence-electron chi connectivity index (χ3n) is 2.29. The highest BCUT2D eigenvalue weighted by Gasteiger charge is 2.00. The van der Waals surface area contributed by atoms with Gasteiger partial charge in [0, 0.05) is 16.6 Å². The maximum atomic E-state index is 6.05. The second-order valence-corrected chi connectivity index (χ2v) is 4.46. The molecule has 0 aliphatic heterocycles. The monoisotopic (exact) mass is 245 g/mol. The van der Waals surface area contributed by atoms with E-state index in [0.29, 0.717) is 5.02 Å². The van der Waals surface area contributed by atoms with Crippen LogP contribution in [0.4, 0.5) is 0 Å². The first-order valence-corrected chi connectivity index (χ1v) is 6.14. The third-order valence-corrected chi connectivity index (χ3v) is 2.87. The zero-order chi connectivity index (χ0) is 11.1. The number of benzene rings is 1. The summed E-state index contributed by atoms with van der Waals surface area (Å²) in [5.74, 6) is 0. The Balaban J connectivity index is 2.31. The molecule has 0 heterocycles. The third kappa shape index (κ3) is 4.87. The summed E-state index contributed by atoms with van der Waals surface area (Å²) in [5.41, 5.74) is 1.11. The highest BCUT2D eigenvalue weighted by molar-refractivity contribution is 6.35. The summed E-state index contributed by atoms with van der Waals surface area (Å²) in [6.45, 7) is 4.07. The predicted octanol–water partition coefficient (Wildman–Crippen LogP) is 4.27. The Morgan fingerprint density at radius 3 is 2.67 bits per heavy atom. The zero-order valence-corrected chi connectivity index (χ0v) is 10.5. The lowest BCUT2D eigenvalue weighted by atomic mass is 10.2. The first-order valence-electron chi connectivity index (χ1n) is 5.38. The molecule has 0 fully saturated rings. The van der Waals surface area contributed by atoms with Crippen molar-refractivity contribution in [2.24, 2.45) is 0 Å². The normalized spacial score (nSPS) is 10.6. The van der Waals surface area contributed by atoms with Gasteiger partial charge < -0.3 is 5.32 Å². The minimum atomic E-state index is 0.690. The summed E-state index contributed by atoms with van der Waals surface area (Å²) in [6, 6.07) is 5.63. The quantitative estimate of drug-likeness (QED) is 0.739. The molecule has 15 heavy (non-hydrogen) atoms. The summed E-state index contributed by atoms with van der Waals surface area (Å²) in [7, 11) is 0. The molecule has 1 aromatic carbocycles. The summed E-state index contributed by atoms with van der Waals surface area (Å²) in [6.07, 6.45) is 3.76.